The number of nitrogens with two attached hydrogens (primary N) is 1. The minimum absolute atomic E-state index is 0.0310. The van der Waals surface area contributed by atoms with Crippen LogP contribution in [-0.2, 0) is 10.0 Å². The molecule has 0 spiro atoms. The van der Waals surface area contributed by atoms with Crippen molar-refractivity contribution in [3.05, 3.63) is 22.4 Å². The zero-order chi connectivity index (χ0) is 14.0. The van der Waals surface area contributed by atoms with Gasteiger partial charge in [-0.2, -0.15) is 4.31 Å². The van der Waals surface area contributed by atoms with Crippen LogP contribution in [0.4, 0.5) is 0 Å². The Bertz CT molecular complexity index is 491. The first-order chi connectivity index (χ1) is 8.89. The summed E-state index contributed by atoms with van der Waals surface area (Å²) in [4.78, 5) is 3.54. The molecule has 108 valence electrons. The van der Waals surface area contributed by atoms with Crippen molar-refractivity contribution in [1.29, 1.82) is 0 Å². The summed E-state index contributed by atoms with van der Waals surface area (Å²) in [5.74, 6) is 0. The topological polar surface area (TPSA) is 66.6 Å². The molecule has 1 aliphatic rings. The first-order valence-electron chi connectivity index (χ1n) is 6.38. The molecule has 7 heteroatoms. The summed E-state index contributed by atoms with van der Waals surface area (Å²) in [6.45, 7) is 4.57. The predicted molar refractivity (Wildman–Crippen MR) is 78.7 cm³/mol. The summed E-state index contributed by atoms with van der Waals surface area (Å²) in [6.07, 6.45) is 1.27. The third-order valence-electron chi connectivity index (χ3n) is 3.47. The Labute approximate surface area is 119 Å². The first kappa shape index (κ1) is 14.9. The fourth-order valence-electron chi connectivity index (χ4n) is 2.54. The largest absolute Gasteiger partial charge is 0.326 e. The minimum Gasteiger partial charge on any atom is -0.326 e. The highest BCUT2D eigenvalue weighted by molar-refractivity contribution is 7.88. The van der Waals surface area contributed by atoms with Gasteiger partial charge in [0.1, 0.15) is 0 Å². The van der Waals surface area contributed by atoms with Gasteiger partial charge < -0.3 is 5.73 Å². The van der Waals surface area contributed by atoms with Crippen LogP contribution in [0.2, 0.25) is 0 Å². The quantitative estimate of drug-likeness (QED) is 0.890. The van der Waals surface area contributed by atoms with E-state index in [1.165, 1.54) is 15.4 Å². The fraction of sp³-hybridized carbons (Fsp3) is 0.667. The molecular formula is C12H21N3O2S2. The van der Waals surface area contributed by atoms with Crippen LogP contribution in [0.15, 0.2) is 17.5 Å². The molecule has 2 heterocycles. The van der Waals surface area contributed by atoms with E-state index in [0.717, 1.165) is 13.1 Å². The molecular weight excluding hydrogens is 282 g/mol. The van der Waals surface area contributed by atoms with Crippen LogP contribution in [0.5, 0.6) is 0 Å². The average Bonchev–Trinajstić information content (AvgIpc) is 2.82. The van der Waals surface area contributed by atoms with Crippen molar-refractivity contribution in [2.24, 2.45) is 5.73 Å². The molecule has 1 aromatic heterocycles. The van der Waals surface area contributed by atoms with E-state index in [2.05, 4.69) is 16.3 Å². The lowest BCUT2D eigenvalue weighted by Gasteiger charge is -2.39. The summed E-state index contributed by atoms with van der Waals surface area (Å²) >= 11 is 1.71. The molecule has 0 aromatic carbocycles. The van der Waals surface area contributed by atoms with E-state index in [1.54, 1.807) is 11.3 Å². The molecule has 1 aliphatic heterocycles. The maximum Gasteiger partial charge on any atom is 0.211 e. The van der Waals surface area contributed by atoms with E-state index in [4.69, 9.17) is 5.73 Å². The number of hydrogen-bond acceptors (Lipinski definition) is 5. The van der Waals surface area contributed by atoms with Crippen LogP contribution in [0, 0.1) is 0 Å². The molecule has 5 nitrogen and oxygen atoms in total. The van der Waals surface area contributed by atoms with Gasteiger partial charge in [0.25, 0.3) is 0 Å². The molecule has 1 aromatic rings. The highest BCUT2D eigenvalue weighted by Crippen LogP contribution is 2.28. The SMILES string of the molecule is CC(N)C(c1cccs1)N1CCN(S(C)(=O)=O)CC1. The molecule has 1 fully saturated rings. The molecule has 1 saturated heterocycles. The summed E-state index contributed by atoms with van der Waals surface area (Å²) < 4.78 is 24.6. The molecule has 2 unspecified atom stereocenters. The van der Waals surface area contributed by atoms with Gasteiger partial charge >= 0.3 is 0 Å². The predicted octanol–water partition coefficient (Wildman–Crippen LogP) is 0.714. The van der Waals surface area contributed by atoms with Gasteiger partial charge in [-0.05, 0) is 18.4 Å². The smallest absolute Gasteiger partial charge is 0.211 e. The van der Waals surface area contributed by atoms with Gasteiger partial charge in [-0.1, -0.05) is 6.07 Å². The molecule has 0 amide bonds. The lowest BCUT2D eigenvalue weighted by Crippen LogP contribution is -2.51. The van der Waals surface area contributed by atoms with Gasteiger partial charge in [0.15, 0.2) is 0 Å². The van der Waals surface area contributed by atoms with Crippen LogP contribution in [0.1, 0.15) is 17.8 Å². The van der Waals surface area contributed by atoms with Crippen LogP contribution < -0.4 is 5.73 Å². The first-order valence-corrected chi connectivity index (χ1v) is 9.10. The standard InChI is InChI=1S/C12H21N3O2S2/c1-10(13)12(11-4-3-9-18-11)14-5-7-15(8-6-14)19(2,16)17/h3-4,9-10,12H,5-8,13H2,1-2H3. The molecule has 0 radical (unpaired) electrons. The van der Waals surface area contributed by atoms with Crippen molar-refractivity contribution in [1.82, 2.24) is 9.21 Å². The van der Waals surface area contributed by atoms with E-state index < -0.39 is 10.0 Å². The molecule has 0 saturated carbocycles. The average molecular weight is 303 g/mol. The number of rotatable bonds is 4. The van der Waals surface area contributed by atoms with Crippen molar-refractivity contribution in [3.8, 4) is 0 Å². The van der Waals surface area contributed by atoms with Crippen molar-refractivity contribution >= 4 is 21.4 Å². The number of hydrogen-bond donors (Lipinski definition) is 1. The zero-order valence-corrected chi connectivity index (χ0v) is 13.0. The number of thiophene rings is 1. The normalized spacial score (nSPS) is 22.3. The van der Waals surface area contributed by atoms with Crippen molar-refractivity contribution < 1.29 is 8.42 Å². The van der Waals surface area contributed by atoms with Crippen molar-refractivity contribution in [2.45, 2.75) is 19.0 Å². The number of piperazine rings is 1. The molecule has 2 N–H and O–H groups in total. The third kappa shape index (κ3) is 3.55. The van der Waals surface area contributed by atoms with E-state index in [0.29, 0.717) is 13.1 Å². The lowest BCUT2D eigenvalue weighted by atomic mass is 10.1. The molecule has 0 bridgehead atoms. The Kier molecular flexibility index (Phi) is 4.62. The van der Waals surface area contributed by atoms with Crippen molar-refractivity contribution in [3.63, 3.8) is 0 Å². The van der Waals surface area contributed by atoms with E-state index >= 15 is 0 Å². The Morgan fingerprint density at radius 2 is 1.95 bits per heavy atom. The maximum atomic E-state index is 11.5. The van der Waals surface area contributed by atoms with Gasteiger partial charge in [-0.15, -0.1) is 11.3 Å². The Morgan fingerprint density at radius 1 is 1.32 bits per heavy atom. The number of nitrogens with zero attached hydrogens (tertiary/aromatic N) is 2. The molecule has 2 rings (SSSR count). The van der Waals surface area contributed by atoms with Crippen molar-refractivity contribution in [2.75, 3.05) is 32.4 Å². The second-order valence-electron chi connectivity index (χ2n) is 5.02. The van der Waals surface area contributed by atoms with Gasteiger partial charge in [0.05, 0.1) is 12.3 Å². The Balaban J connectivity index is 2.07. The molecule has 0 aliphatic carbocycles. The lowest BCUT2D eigenvalue weighted by molar-refractivity contribution is 0.126. The minimum atomic E-state index is -3.07. The van der Waals surface area contributed by atoms with Crippen LogP contribution >= 0.6 is 11.3 Å². The van der Waals surface area contributed by atoms with Gasteiger partial charge in [-0.3, -0.25) is 4.90 Å². The van der Waals surface area contributed by atoms with Gasteiger partial charge in [0, 0.05) is 37.1 Å². The molecule has 19 heavy (non-hydrogen) atoms. The summed E-state index contributed by atoms with van der Waals surface area (Å²) in [5, 5.41) is 2.05. The second-order valence-corrected chi connectivity index (χ2v) is 7.98. The highest BCUT2D eigenvalue weighted by atomic mass is 32.2. The maximum absolute atomic E-state index is 11.5. The van der Waals surface area contributed by atoms with Gasteiger partial charge in [0.2, 0.25) is 10.0 Å². The van der Waals surface area contributed by atoms with E-state index in [-0.39, 0.29) is 12.1 Å². The van der Waals surface area contributed by atoms with Crippen LogP contribution in [0.3, 0.4) is 0 Å². The second kappa shape index (κ2) is 5.88. The Hall–Kier alpha value is -0.470. The van der Waals surface area contributed by atoms with E-state index in [1.807, 2.05) is 13.0 Å². The highest BCUT2D eigenvalue weighted by Gasteiger charge is 2.30. The van der Waals surface area contributed by atoms with E-state index in [9.17, 15) is 8.42 Å². The van der Waals surface area contributed by atoms with Gasteiger partial charge in [-0.25, -0.2) is 8.42 Å². The Morgan fingerprint density at radius 3 is 2.37 bits per heavy atom. The molecule has 2 atom stereocenters. The monoisotopic (exact) mass is 303 g/mol. The zero-order valence-electron chi connectivity index (χ0n) is 11.3. The van der Waals surface area contributed by atoms with Crippen LogP contribution in [0.25, 0.3) is 0 Å². The summed E-state index contributed by atoms with van der Waals surface area (Å²) in [5.41, 5.74) is 6.11. The fourth-order valence-corrected chi connectivity index (χ4v) is 4.35. The summed E-state index contributed by atoms with van der Waals surface area (Å²) in [7, 11) is -3.07. The number of sulfonamides is 1. The third-order valence-corrected chi connectivity index (χ3v) is 5.71. The van der Waals surface area contributed by atoms with Crippen LogP contribution in [-0.4, -0.2) is 56.1 Å². The summed E-state index contributed by atoms with van der Waals surface area (Å²) in [6, 6.07) is 4.34.